The van der Waals surface area contributed by atoms with Crippen molar-refractivity contribution in [2.45, 2.75) is 49.6 Å². The number of carbonyl (C=O) groups is 2. The molecule has 0 spiro atoms. The number of benzene rings is 3. The Labute approximate surface area is 227 Å². The van der Waals surface area contributed by atoms with Gasteiger partial charge >= 0.3 is 5.97 Å². The number of amides is 1. The number of sulfonamides is 1. The first-order valence-corrected chi connectivity index (χ1v) is 14.2. The third-order valence-corrected chi connectivity index (χ3v) is 8.61. The van der Waals surface area contributed by atoms with Gasteiger partial charge in [-0.1, -0.05) is 30.3 Å². The lowest BCUT2D eigenvalue weighted by Crippen LogP contribution is -2.41. The molecule has 3 aromatic carbocycles. The highest BCUT2D eigenvalue weighted by molar-refractivity contribution is 7.89. The van der Waals surface area contributed by atoms with Crippen molar-refractivity contribution in [2.75, 3.05) is 7.11 Å². The van der Waals surface area contributed by atoms with Gasteiger partial charge in [0.25, 0.3) is 0 Å². The van der Waals surface area contributed by atoms with Crippen LogP contribution in [0.2, 0.25) is 0 Å². The molecule has 0 saturated heterocycles. The van der Waals surface area contributed by atoms with Crippen molar-refractivity contribution >= 4 is 21.9 Å². The summed E-state index contributed by atoms with van der Waals surface area (Å²) in [4.78, 5) is 24.2. The molecule has 1 aliphatic carbocycles. The smallest absolute Gasteiger partial charge is 0.339 e. The van der Waals surface area contributed by atoms with E-state index in [2.05, 4.69) is 10.0 Å². The Balaban J connectivity index is 1.33. The number of methoxy groups -OCH3 is 1. The van der Waals surface area contributed by atoms with E-state index in [1.54, 1.807) is 36.4 Å². The number of aromatic carboxylic acids is 1. The predicted molar refractivity (Wildman–Crippen MR) is 144 cm³/mol. The molecule has 8 nitrogen and oxygen atoms in total. The van der Waals surface area contributed by atoms with Gasteiger partial charge in [-0.25, -0.2) is 22.3 Å². The van der Waals surface area contributed by atoms with Crippen molar-refractivity contribution in [3.8, 4) is 16.9 Å². The Kier molecular flexibility index (Phi) is 8.66. The highest BCUT2D eigenvalue weighted by Gasteiger charge is 2.30. The molecular formula is C29H31FN2O6S. The molecule has 0 aromatic heterocycles. The third-order valence-electron chi connectivity index (χ3n) is 7.08. The fourth-order valence-corrected chi connectivity index (χ4v) is 6.11. The monoisotopic (exact) mass is 554 g/mol. The Bertz CT molecular complexity index is 1430. The van der Waals surface area contributed by atoms with Gasteiger partial charge in [0, 0.05) is 12.0 Å². The van der Waals surface area contributed by atoms with Crippen LogP contribution >= 0.6 is 0 Å². The van der Waals surface area contributed by atoms with Crippen LogP contribution in [0.1, 0.15) is 54.6 Å². The summed E-state index contributed by atoms with van der Waals surface area (Å²) in [6.07, 6.45) is 2.19. The minimum atomic E-state index is -3.77. The summed E-state index contributed by atoms with van der Waals surface area (Å²) in [5.41, 5.74) is 2.26. The van der Waals surface area contributed by atoms with Crippen LogP contribution in [0.15, 0.2) is 71.6 Å². The normalized spacial score (nSPS) is 18.2. The maximum atomic E-state index is 13.2. The molecule has 0 bridgehead atoms. The second kappa shape index (κ2) is 12.0. The van der Waals surface area contributed by atoms with Crippen LogP contribution in [-0.2, 0) is 14.8 Å². The minimum Gasteiger partial charge on any atom is -0.496 e. The number of rotatable bonds is 9. The fourth-order valence-electron chi connectivity index (χ4n) is 4.80. The largest absolute Gasteiger partial charge is 0.496 e. The van der Waals surface area contributed by atoms with Crippen molar-refractivity contribution in [1.29, 1.82) is 0 Å². The zero-order valence-electron chi connectivity index (χ0n) is 21.7. The molecule has 4 rings (SSSR count). The fraction of sp³-hybridized carbons (Fsp3) is 0.310. The molecule has 3 aromatic rings. The first kappa shape index (κ1) is 28.3. The zero-order valence-corrected chi connectivity index (χ0v) is 22.5. The SMILES string of the molecule is COc1cc(-c2ccc(S(=O)(=O)NC3CCC(C(=O)N[C@H](C)c4ccc(F)cc4)CC3)cc2)ccc1C(=O)O. The van der Waals surface area contributed by atoms with Crippen molar-refractivity contribution in [3.05, 3.63) is 83.7 Å². The van der Waals surface area contributed by atoms with Gasteiger partial charge in [-0.2, -0.15) is 0 Å². The Morgan fingerprint density at radius 3 is 2.15 bits per heavy atom. The van der Waals surface area contributed by atoms with Crippen LogP contribution in [-0.4, -0.2) is 38.6 Å². The Morgan fingerprint density at radius 1 is 0.949 bits per heavy atom. The number of ether oxygens (including phenoxy) is 1. The molecule has 10 heteroatoms. The van der Waals surface area contributed by atoms with Crippen molar-refractivity contribution in [3.63, 3.8) is 0 Å². The summed E-state index contributed by atoms with van der Waals surface area (Å²) in [7, 11) is -2.38. The van der Waals surface area contributed by atoms with E-state index in [0.29, 0.717) is 36.8 Å². The van der Waals surface area contributed by atoms with Gasteiger partial charge in [0.05, 0.1) is 18.0 Å². The lowest BCUT2D eigenvalue weighted by atomic mass is 9.85. The third kappa shape index (κ3) is 6.82. The Hall–Kier alpha value is -3.76. The Morgan fingerprint density at radius 2 is 1.56 bits per heavy atom. The summed E-state index contributed by atoms with van der Waals surface area (Å²) in [5, 5.41) is 12.2. The van der Waals surface area contributed by atoms with Crippen molar-refractivity contribution < 1.29 is 32.2 Å². The van der Waals surface area contributed by atoms with Gasteiger partial charge in [0.2, 0.25) is 15.9 Å². The number of nitrogens with one attached hydrogen (secondary N) is 2. The lowest BCUT2D eigenvalue weighted by molar-refractivity contribution is -0.126. The van der Waals surface area contributed by atoms with Gasteiger partial charge in [-0.05, 0) is 85.7 Å². The number of carbonyl (C=O) groups excluding carboxylic acids is 1. The quantitative estimate of drug-likeness (QED) is 0.345. The molecule has 3 N–H and O–H groups in total. The maximum absolute atomic E-state index is 13.2. The minimum absolute atomic E-state index is 0.0410. The van der Waals surface area contributed by atoms with Crippen LogP contribution in [0.4, 0.5) is 4.39 Å². The second-order valence-corrected chi connectivity index (χ2v) is 11.4. The van der Waals surface area contributed by atoms with E-state index < -0.39 is 16.0 Å². The van der Waals surface area contributed by atoms with E-state index in [0.717, 1.165) is 5.56 Å². The van der Waals surface area contributed by atoms with Crippen molar-refractivity contribution in [2.24, 2.45) is 5.92 Å². The van der Waals surface area contributed by atoms with E-state index in [-0.39, 0.29) is 45.9 Å². The molecule has 1 aliphatic rings. The average Bonchev–Trinajstić information content (AvgIpc) is 2.93. The number of hydrogen-bond donors (Lipinski definition) is 3. The predicted octanol–water partition coefficient (Wildman–Crippen LogP) is 4.91. The molecule has 1 amide bonds. The van der Waals surface area contributed by atoms with E-state index in [9.17, 15) is 27.5 Å². The molecule has 0 unspecified atom stereocenters. The lowest BCUT2D eigenvalue weighted by Gasteiger charge is -2.29. The molecule has 0 radical (unpaired) electrons. The van der Waals surface area contributed by atoms with Gasteiger partial charge < -0.3 is 15.2 Å². The summed E-state index contributed by atoms with van der Waals surface area (Å²) in [6, 6.07) is 16.5. The summed E-state index contributed by atoms with van der Waals surface area (Å²) >= 11 is 0. The first-order chi connectivity index (χ1) is 18.6. The van der Waals surface area contributed by atoms with Gasteiger partial charge in [-0.15, -0.1) is 0 Å². The summed E-state index contributed by atoms with van der Waals surface area (Å²) in [6.45, 7) is 1.84. The average molecular weight is 555 g/mol. The summed E-state index contributed by atoms with van der Waals surface area (Å²) < 4.78 is 47.1. The summed E-state index contributed by atoms with van der Waals surface area (Å²) in [5.74, 6) is -1.51. The highest BCUT2D eigenvalue weighted by Crippen LogP contribution is 2.29. The second-order valence-electron chi connectivity index (χ2n) is 9.70. The molecular weight excluding hydrogens is 523 g/mol. The number of carboxylic acid groups (broad SMARTS) is 1. The molecule has 206 valence electrons. The molecule has 1 atom stereocenters. The van der Waals surface area contributed by atoms with E-state index in [1.165, 1.54) is 37.4 Å². The highest BCUT2D eigenvalue weighted by atomic mass is 32.2. The maximum Gasteiger partial charge on any atom is 0.339 e. The van der Waals surface area contributed by atoms with Crippen LogP contribution in [0.25, 0.3) is 11.1 Å². The van der Waals surface area contributed by atoms with Crippen LogP contribution < -0.4 is 14.8 Å². The standard InChI is InChI=1S/C29H31FN2O6S/c1-18(19-3-10-23(30)11-4-19)31-28(33)21-5-12-24(13-6-21)32-39(36,37)25-14-7-20(8-15-25)22-9-16-26(29(34)35)27(17-22)38-2/h3-4,7-11,14-18,21,24,32H,5-6,12-13H2,1-2H3,(H,31,33)(H,34,35)/t18-,21?,24?/m1/s1. The van der Waals surface area contributed by atoms with Crippen LogP contribution in [0, 0.1) is 11.7 Å². The molecule has 0 heterocycles. The molecule has 39 heavy (non-hydrogen) atoms. The van der Waals surface area contributed by atoms with Crippen LogP contribution in [0.5, 0.6) is 5.75 Å². The number of carboxylic acids is 1. The van der Waals surface area contributed by atoms with Crippen LogP contribution in [0.3, 0.4) is 0 Å². The van der Waals surface area contributed by atoms with Gasteiger partial charge in [-0.3, -0.25) is 4.79 Å². The van der Waals surface area contributed by atoms with E-state index in [1.807, 2.05) is 6.92 Å². The molecule has 1 saturated carbocycles. The topological polar surface area (TPSA) is 122 Å². The van der Waals surface area contributed by atoms with Crippen molar-refractivity contribution in [1.82, 2.24) is 10.0 Å². The molecule has 1 fully saturated rings. The number of halogens is 1. The first-order valence-electron chi connectivity index (χ1n) is 12.7. The van der Waals surface area contributed by atoms with E-state index in [4.69, 9.17) is 4.74 Å². The zero-order chi connectivity index (χ0) is 28.2. The number of hydrogen-bond acceptors (Lipinski definition) is 5. The molecule has 0 aliphatic heterocycles. The van der Waals surface area contributed by atoms with Gasteiger partial charge in [0.15, 0.2) is 0 Å². The van der Waals surface area contributed by atoms with Gasteiger partial charge in [0.1, 0.15) is 17.1 Å². The van der Waals surface area contributed by atoms with E-state index >= 15 is 0 Å².